The first-order chi connectivity index (χ1) is 12.2. The van der Waals surface area contributed by atoms with E-state index in [4.69, 9.17) is 4.98 Å². The van der Waals surface area contributed by atoms with Crippen LogP contribution in [0.4, 0.5) is 0 Å². The number of fused-ring (bicyclic) bond motifs is 4. The Hall–Kier alpha value is -2.66. The largest absolute Gasteiger partial charge is 0.350 e. The Morgan fingerprint density at radius 3 is 2.92 bits per heavy atom. The average molecular weight is 347 g/mol. The van der Waals surface area contributed by atoms with Gasteiger partial charge in [-0.3, -0.25) is 4.79 Å². The summed E-state index contributed by atoms with van der Waals surface area (Å²) in [6.45, 7) is 2.66. The molecule has 124 valence electrons. The lowest BCUT2D eigenvalue weighted by molar-refractivity contribution is -0.121. The highest BCUT2D eigenvalue weighted by molar-refractivity contribution is 7.19. The summed E-state index contributed by atoms with van der Waals surface area (Å²) in [5, 5.41) is 4.28. The number of amides is 1. The van der Waals surface area contributed by atoms with Crippen LogP contribution >= 0.6 is 11.3 Å². The van der Waals surface area contributed by atoms with Gasteiger partial charge in [-0.25, -0.2) is 4.98 Å². The van der Waals surface area contributed by atoms with Crippen LogP contribution in [0.25, 0.3) is 15.7 Å². The van der Waals surface area contributed by atoms with Gasteiger partial charge in [-0.2, -0.15) is 0 Å². The van der Waals surface area contributed by atoms with Gasteiger partial charge in [0.25, 0.3) is 0 Å². The number of aromatic nitrogens is 2. The van der Waals surface area contributed by atoms with Crippen molar-refractivity contribution in [3.8, 4) is 0 Å². The van der Waals surface area contributed by atoms with Crippen LogP contribution in [-0.2, 0) is 11.3 Å². The van der Waals surface area contributed by atoms with E-state index >= 15 is 0 Å². The zero-order valence-electron chi connectivity index (χ0n) is 13.8. The predicted molar refractivity (Wildman–Crippen MR) is 100 cm³/mol. The van der Waals surface area contributed by atoms with E-state index in [2.05, 4.69) is 40.9 Å². The van der Waals surface area contributed by atoms with E-state index in [1.165, 1.54) is 20.5 Å². The molecule has 3 aromatic heterocycles. The van der Waals surface area contributed by atoms with Gasteiger partial charge >= 0.3 is 0 Å². The van der Waals surface area contributed by atoms with Crippen molar-refractivity contribution in [2.24, 2.45) is 0 Å². The highest BCUT2D eigenvalue weighted by Gasteiger charge is 2.31. The molecule has 1 aliphatic rings. The number of hydrogen-bond acceptors (Lipinski definition) is 3. The topological polar surface area (TPSA) is 46.4 Å². The third kappa shape index (κ3) is 2.19. The molecular formula is C20H17N3OS. The second kappa shape index (κ2) is 5.43. The first-order valence-electron chi connectivity index (χ1n) is 8.43. The maximum Gasteiger partial charge on any atom is 0.221 e. The Kier molecular flexibility index (Phi) is 3.18. The van der Waals surface area contributed by atoms with Crippen LogP contribution in [0.3, 0.4) is 0 Å². The van der Waals surface area contributed by atoms with Crippen molar-refractivity contribution in [2.75, 3.05) is 0 Å². The van der Waals surface area contributed by atoms with Crippen molar-refractivity contribution in [1.29, 1.82) is 0 Å². The number of pyridine rings is 1. The van der Waals surface area contributed by atoms with Crippen LogP contribution in [0.1, 0.15) is 34.2 Å². The van der Waals surface area contributed by atoms with Gasteiger partial charge in [0.05, 0.1) is 17.9 Å². The standard InChI is InChI=1S/C20H17N3OS/c1-12-13-6-2-3-7-16(13)25-20(12)14-10-18(24)21-11-15-19(14)23-9-5-4-8-17(23)22-15/h2-9,14H,10-11H2,1H3,(H,21,24). The third-order valence-corrected chi connectivity index (χ3v) is 6.40. The van der Waals surface area contributed by atoms with Crippen molar-refractivity contribution in [1.82, 2.24) is 14.7 Å². The Morgan fingerprint density at radius 1 is 1.20 bits per heavy atom. The summed E-state index contributed by atoms with van der Waals surface area (Å²) in [6.07, 6.45) is 2.51. The maximum atomic E-state index is 12.4. The van der Waals surface area contributed by atoms with Crippen LogP contribution in [0.15, 0.2) is 48.7 Å². The van der Waals surface area contributed by atoms with Crippen molar-refractivity contribution < 1.29 is 4.79 Å². The number of benzene rings is 1. The fourth-order valence-electron chi connectivity index (χ4n) is 3.84. The molecule has 0 bridgehead atoms. The summed E-state index contributed by atoms with van der Waals surface area (Å²) in [5.41, 5.74) is 4.33. The van der Waals surface area contributed by atoms with Crippen molar-refractivity contribution >= 4 is 33.0 Å². The van der Waals surface area contributed by atoms with Gasteiger partial charge in [-0.15, -0.1) is 11.3 Å². The first-order valence-corrected chi connectivity index (χ1v) is 9.24. The molecule has 0 fully saturated rings. The molecule has 0 aliphatic carbocycles. The number of rotatable bonds is 1. The van der Waals surface area contributed by atoms with E-state index in [0.717, 1.165) is 17.0 Å². The summed E-state index contributed by atoms with van der Waals surface area (Å²) >= 11 is 1.80. The quantitative estimate of drug-likeness (QED) is 0.565. The summed E-state index contributed by atoms with van der Waals surface area (Å²) in [4.78, 5) is 18.4. The fraction of sp³-hybridized carbons (Fsp3) is 0.200. The second-order valence-corrected chi connectivity index (χ2v) is 7.58. The summed E-state index contributed by atoms with van der Waals surface area (Å²) in [7, 11) is 0. The molecule has 0 saturated carbocycles. The van der Waals surface area contributed by atoms with E-state index in [-0.39, 0.29) is 11.8 Å². The number of carbonyl (C=O) groups excluding carboxylic acids is 1. The van der Waals surface area contributed by atoms with Gasteiger partial charge in [-0.1, -0.05) is 24.3 Å². The molecule has 0 saturated heterocycles. The minimum absolute atomic E-state index is 0.0345. The normalized spacial score (nSPS) is 17.5. The molecular weight excluding hydrogens is 330 g/mol. The number of thiophene rings is 1. The maximum absolute atomic E-state index is 12.4. The molecule has 1 aliphatic heterocycles. The Bertz CT molecular complexity index is 1120. The molecule has 25 heavy (non-hydrogen) atoms. The third-order valence-electron chi connectivity index (χ3n) is 5.01. The van der Waals surface area contributed by atoms with Crippen LogP contribution in [-0.4, -0.2) is 15.3 Å². The lowest BCUT2D eigenvalue weighted by atomic mass is 9.95. The van der Waals surface area contributed by atoms with Gasteiger partial charge in [0, 0.05) is 28.1 Å². The first kappa shape index (κ1) is 14.7. The minimum Gasteiger partial charge on any atom is -0.350 e. The molecule has 5 rings (SSSR count). The Morgan fingerprint density at radius 2 is 2.04 bits per heavy atom. The van der Waals surface area contributed by atoms with E-state index in [9.17, 15) is 4.79 Å². The van der Waals surface area contributed by atoms with E-state index in [1.807, 2.05) is 24.4 Å². The Balaban J connectivity index is 1.79. The highest BCUT2D eigenvalue weighted by atomic mass is 32.1. The molecule has 4 heterocycles. The van der Waals surface area contributed by atoms with Gasteiger partial charge < -0.3 is 9.72 Å². The zero-order valence-corrected chi connectivity index (χ0v) is 14.6. The predicted octanol–water partition coefficient (Wildman–Crippen LogP) is 4.01. The van der Waals surface area contributed by atoms with Crippen molar-refractivity contribution in [3.63, 3.8) is 0 Å². The number of nitrogens with zero attached hydrogens (tertiary/aromatic N) is 2. The van der Waals surface area contributed by atoms with Crippen molar-refractivity contribution in [2.45, 2.75) is 25.8 Å². The average Bonchev–Trinajstić information content (AvgIpc) is 3.11. The van der Waals surface area contributed by atoms with Crippen molar-refractivity contribution in [3.05, 3.63) is 70.5 Å². The zero-order chi connectivity index (χ0) is 17.0. The van der Waals surface area contributed by atoms with Gasteiger partial charge in [0.1, 0.15) is 5.65 Å². The van der Waals surface area contributed by atoms with E-state index in [0.29, 0.717) is 13.0 Å². The number of hydrogen-bond donors (Lipinski definition) is 1. The molecule has 4 nitrogen and oxygen atoms in total. The molecule has 1 amide bonds. The number of carbonyl (C=O) groups is 1. The molecule has 5 heteroatoms. The molecule has 1 atom stereocenters. The van der Waals surface area contributed by atoms with Crippen LogP contribution in [0, 0.1) is 6.92 Å². The smallest absolute Gasteiger partial charge is 0.221 e. The summed E-state index contributed by atoms with van der Waals surface area (Å²) < 4.78 is 3.42. The van der Waals surface area contributed by atoms with Gasteiger partial charge in [0.2, 0.25) is 5.91 Å². The van der Waals surface area contributed by atoms with E-state index in [1.54, 1.807) is 11.3 Å². The summed E-state index contributed by atoms with van der Waals surface area (Å²) in [6, 6.07) is 14.5. The lowest BCUT2D eigenvalue weighted by Crippen LogP contribution is -2.21. The number of imidazole rings is 1. The second-order valence-electron chi connectivity index (χ2n) is 6.49. The minimum atomic E-state index is 0.0345. The molecule has 1 N–H and O–H groups in total. The van der Waals surface area contributed by atoms with Crippen LogP contribution < -0.4 is 5.32 Å². The van der Waals surface area contributed by atoms with E-state index < -0.39 is 0 Å². The Labute approximate surface area is 149 Å². The van der Waals surface area contributed by atoms with Crippen LogP contribution in [0.2, 0.25) is 0 Å². The fourth-order valence-corrected chi connectivity index (χ4v) is 5.16. The highest BCUT2D eigenvalue weighted by Crippen LogP contribution is 2.42. The molecule has 0 spiro atoms. The van der Waals surface area contributed by atoms with Gasteiger partial charge in [-0.05, 0) is 36.1 Å². The van der Waals surface area contributed by atoms with Crippen LogP contribution in [0.5, 0.6) is 0 Å². The molecule has 1 aromatic carbocycles. The number of aryl methyl sites for hydroxylation is 1. The molecule has 0 radical (unpaired) electrons. The lowest BCUT2D eigenvalue weighted by Gasteiger charge is -2.15. The summed E-state index contributed by atoms with van der Waals surface area (Å²) in [5.74, 6) is 0.122. The molecule has 4 aromatic rings. The molecule has 1 unspecified atom stereocenters. The van der Waals surface area contributed by atoms with Gasteiger partial charge in [0.15, 0.2) is 0 Å². The monoisotopic (exact) mass is 347 g/mol. The number of nitrogens with one attached hydrogen (secondary N) is 1. The SMILES string of the molecule is Cc1c(C2CC(=O)NCc3nc4ccccn4c32)sc2ccccc12.